The minimum Gasteiger partial charge on any atom is -0.490 e. The number of pyridine rings is 1. The molecule has 0 bridgehead atoms. The number of piperidine rings is 2. The van der Waals surface area contributed by atoms with Crippen LogP contribution in [0.2, 0.25) is 0 Å². The molecule has 0 unspecified atom stereocenters. The van der Waals surface area contributed by atoms with Crippen LogP contribution in [0.25, 0.3) is 0 Å². The molecule has 38 heavy (non-hydrogen) atoms. The van der Waals surface area contributed by atoms with Gasteiger partial charge in [-0.2, -0.15) is 5.26 Å². The van der Waals surface area contributed by atoms with Gasteiger partial charge >= 0.3 is 0 Å². The van der Waals surface area contributed by atoms with Crippen molar-refractivity contribution in [1.82, 2.24) is 25.1 Å². The van der Waals surface area contributed by atoms with Crippen LogP contribution in [0.4, 0.5) is 0 Å². The Morgan fingerprint density at radius 3 is 2.42 bits per heavy atom. The lowest BCUT2D eigenvalue weighted by atomic mass is 10.0. The zero-order chi connectivity index (χ0) is 26.3. The van der Waals surface area contributed by atoms with E-state index >= 15 is 0 Å². The lowest BCUT2D eigenvalue weighted by Crippen LogP contribution is -2.44. The van der Waals surface area contributed by atoms with Crippen LogP contribution in [-0.4, -0.2) is 69.9 Å². The van der Waals surface area contributed by atoms with E-state index in [-0.39, 0.29) is 24.0 Å². The van der Waals surface area contributed by atoms with E-state index in [1.165, 1.54) is 6.20 Å². The van der Waals surface area contributed by atoms with Gasteiger partial charge in [-0.25, -0.2) is 4.98 Å². The van der Waals surface area contributed by atoms with Gasteiger partial charge in [-0.15, -0.1) is 11.3 Å². The highest BCUT2D eigenvalue weighted by Gasteiger charge is 2.26. The number of benzene rings is 1. The number of rotatable bonds is 7. The summed E-state index contributed by atoms with van der Waals surface area (Å²) in [5.41, 5.74) is 1.39. The predicted molar refractivity (Wildman–Crippen MR) is 143 cm³/mol. The Balaban J connectivity index is 1.06. The molecule has 2 fully saturated rings. The van der Waals surface area contributed by atoms with Crippen LogP contribution in [0.5, 0.6) is 5.75 Å². The molecule has 4 heterocycles. The Morgan fingerprint density at radius 1 is 1.03 bits per heavy atom. The summed E-state index contributed by atoms with van der Waals surface area (Å²) in [6.07, 6.45) is 6.56. The normalized spacial score (nSPS) is 17.1. The Bertz CT molecular complexity index is 1260. The first-order valence-corrected chi connectivity index (χ1v) is 13.8. The quantitative estimate of drug-likeness (QED) is 0.498. The number of nitriles is 1. The number of aromatic nitrogens is 2. The second-order valence-corrected chi connectivity index (χ2v) is 10.6. The van der Waals surface area contributed by atoms with E-state index in [9.17, 15) is 9.59 Å². The number of ether oxygens (including phenoxy) is 1. The Labute approximate surface area is 226 Å². The van der Waals surface area contributed by atoms with Crippen LogP contribution >= 0.6 is 11.3 Å². The molecule has 2 aliphatic rings. The highest BCUT2D eigenvalue weighted by atomic mass is 32.1. The molecule has 10 heteroatoms. The van der Waals surface area contributed by atoms with Gasteiger partial charge in [0.25, 0.3) is 11.8 Å². The second-order valence-electron chi connectivity index (χ2n) is 9.63. The van der Waals surface area contributed by atoms with Crippen molar-refractivity contribution in [3.63, 3.8) is 0 Å². The molecule has 0 saturated carbocycles. The largest absolute Gasteiger partial charge is 0.490 e. The average molecular weight is 531 g/mol. The van der Waals surface area contributed by atoms with Gasteiger partial charge in [0.15, 0.2) is 0 Å². The molecule has 1 N–H and O–H groups in total. The molecule has 0 atom stereocenters. The molecule has 0 spiro atoms. The van der Waals surface area contributed by atoms with Gasteiger partial charge in [0.2, 0.25) is 0 Å². The summed E-state index contributed by atoms with van der Waals surface area (Å²) < 4.78 is 6.01. The summed E-state index contributed by atoms with van der Waals surface area (Å²) in [5.74, 6) is 0.433. The smallest absolute Gasteiger partial charge is 0.272 e. The fraction of sp³-hybridized carbons (Fsp3) is 0.393. The number of likely N-dealkylation sites (tertiary alicyclic amines) is 2. The molecule has 2 amide bonds. The summed E-state index contributed by atoms with van der Waals surface area (Å²) in [4.78, 5) is 38.5. The maximum atomic E-state index is 13.0. The van der Waals surface area contributed by atoms with Gasteiger partial charge < -0.3 is 15.0 Å². The fourth-order valence-corrected chi connectivity index (χ4v) is 5.48. The third-order valence-electron chi connectivity index (χ3n) is 7.03. The Kier molecular flexibility index (Phi) is 8.26. The van der Waals surface area contributed by atoms with E-state index in [1.54, 1.807) is 52.6 Å². The third-order valence-corrected chi connectivity index (χ3v) is 7.79. The van der Waals surface area contributed by atoms with Crippen LogP contribution in [0, 0.1) is 11.3 Å². The summed E-state index contributed by atoms with van der Waals surface area (Å²) in [5, 5.41) is 15.1. The van der Waals surface area contributed by atoms with Crippen molar-refractivity contribution in [1.29, 1.82) is 5.26 Å². The summed E-state index contributed by atoms with van der Waals surface area (Å²) in [6, 6.07) is 12.6. The molecule has 0 radical (unpaired) electrons. The average Bonchev–Trinajstić information content (AvgIpc) is 3.48. The lowest BCUT2D eigenvalue weighted by molar-refractivity contribution is 0.0589. The van der Waals surface area contributed by atoms with Gasteiger partial charge in [0.05, 0.1) is 23.7 Å². The van der Waals surface area contributed by atoms with Gasteiger partial charge in [0, 0.05) is 62.8 Å². The van der Waals surface area contributed by atoms with Crippen molar-refractivity contribution in [3.8, 4) is 11.8 Å². The standard InChI is InChI=1S/C28H30N6O3S/c29-17-20-1-4-23(5-2-20)37-24-9-14-34(15-10-24)28(36)25-6-3-21(18-31-25)27(35)32-22-7-12-33(13-8-22)19-26-30-11-16-38-26/h1-6,11,16,18,22,24H,7-10,12-15,19H2,(H,32,35). The van der Waals surface area contributed by atoms with Gasteiger partial charge in [0.1, 0.15) is 22.6 Å². The number of nitrogens with zero attached hydrogens (tertiary/aromatic N) is 5. The van der Waals surface area contributed by atoms with Crippen LogP contribution in [-0.2, 0) is 6.54 Å². The highest BCUT2D eigenvalue weighted by Crippen LogP contribution is 2.21. The maximum absolute atomic E-state index is 13.0. The van der Waals surface area contributed by atoms with Crippen molar-refractivity contribution in [2.75, 3.05) is 26.2 Å². The molecule has 0 aliphatic carbocycles. The first-order valence-electron chi connectivity index (χ1n) is 12.9. The minimum atomic E-state index is -0.157. The number of thiazole rings is 1. The van der Waals surface area contributed by atoms with Crippen LogP contribution in [0.1, 0.15) is 57.1 Å². The number of nitrogens with one attached hydrogen (secondary N) is 1. The number of hydrogen-bond donors (Lipinski definition) is 1. The zero-order valence-electron chi connectivity index (χ0n) is 21.1. The van der Waals surface area contributed by atoms with E-state index in [1.807, 2.05) is 11.6 Å². The number of carbonyl (C=O) groups excluding carboxylic acids is 2. The molecule has 1 aromatic carbocycles. The van der Waals surface area contributed by atoms with E-state index in [2.05, 4.69) is 26.3 Å². The zero-order valence-corrected chi connectivity index (χ0v) is 21.9. The van der Waals surface area contributed by atoms with Crippen molar-refractivity contribution in [2.45, 2.75) is 44.4 Å². The van der Waals surface area contributed by atoms with E-state index in [4.69, 9.17) is 10.00 Å². The minimum absolute atomic E-state index is 0.0187. The summed E-state index contributed by atoms with van der Waals surface area (Å²) in [7, 11) is 0. The van der Waals surface area contributed by atoms with Crippen LogP contribution in [0.3, 0.4) is 0 Å². The SMILES string of the molecule is N#Cc1ccc(OC2CCN(C(=O)c3ccc(C(=O)NC4CCN(Cc5nccs5)CC4)cn3)CC2)cc1. The number of amides is 2. The summed E-state index contributed by atoms with van der Waals surface area (Å²) >= 11 is 1.67. The van der Waals surface area contributed by atoms with Crippen molar-refractivity contribution in [2.24, 2.45) is 0 Å². The monoisotopic (exact) mass is 530 g/mol. The lowest BCUT2D eigenvalue weighted by Gasteiger charge is -2.32. The van der Waals surface area contributed by atoms with Crippen molar-refractivity contribution >= 4 is 23.2 Å². The Morgan fingerprint density at radius 2 is 1.79 bits per heavy atom. The molecule has 2 aromatic heterocycles. The maximum Gasteiger partial charge on any atom is 0.272 e. The van der Waals surface area contributed by atoms with E-state index in [0.29, 0.717) is 29.9 Å². The second kappa shape index (κ2) is 12.2. The molecule has 5 rings (SSSR count). The first kappa shape index (κ1) is 25.8. The van der Waals surface area contributed by atoms with Crippen LogP contribution < -0.4 is 10.1 Å². The number of hydrogen-bond acceptors (Lipinski definition) is 8. The molecule has 196 valence electrons. The molecule has 2 aliphatic heterocycles. The van der Waals surface area contributed by atoms with Gasteiger partial charge in [-0.3, -0.25) is 19.5 Å². The highest BCUT2D eigenvalue weighted by molar-refractivity contribution is 7.09. The number of carbonyl (C=O) groups is 2. The molecule has 2 saturated heterocycles. The van der Waals surface area contributed by atoms with Crippen molar-refractivity contribution < 1.29 is 14.3 Å². The van der Waals surface area contributed by atoms with E-state index < -0.39 is 0 Å². The van der Waals surface area contributed by atoms with Crippen LogP contribution in [0.15, 0.2) is 54.2 Å². The van der Waals surface area contributed by atoms with Gasteiger partial charge in [-0.1, -0.05) is 0 Å². The molecule has 3 aromatic rings. The molecular weight excluding hydrogens is 500 g/mol. The van der Waals surface area contributed by atoms with Gasteiger partial charge in [-0.05, 0) is 49.2 Å². The summed E-state index contributed by atoms with van der Waals surface area (Å²) in [6.45, 7) is 3.85. The first-order chi connectivity index (χ1) is 18.6. The fourth-order valence-electron chi connectivity index (χ4n) is 4.82. The van der Waals surface area contributed by atoms with Crippen molar-refractivity contribution in [3.05, 3.63) is 76.0 Å². The molecular formula is C28H30N6O3S. The predicted octanol–water partition coefficient (Wildman–Crippen LogP) is 3.49. The Hall–Kier alpha value is -3.81. The van der Waals surface area contributed by atoms with E-state index in [0.717, 1.165) is 56.1 Å². The third kappa shape index (κ3) is 6.54. The topological polar surface area (TPSA) is 111 Å². The molecule has 9 nitrogen and oxygen atoms in total.